The Morgan fingerprint density at radius 3 is 2.84 bits per heavy atom. The number of nitrogens with one attached hydrogen (secondary N) is 1. The smallest absolute Gasteiger partial charge is 0.254 e. The minimum atomic E-state index is -0.361. The van der Waals surface area contributed by atoms with Crippen LogP contribution >= 0.6 is 0 Å². The molecule has 1 aromatic rings. The Balaban J connectivity index is 1.34. The lowest BCUT2D eigenvalue weighted by molar-refractivity contribution is -0.127. The van der Waals surface area contributed by atoms with Crippen molar-refractivity contribution in [2.75, 3.05) is 38.2 Å². The Hall–Kier alpha value is -1.50. The molecule has 0 spiro atoms. The van der Waals surface area contributed by atoms with Crippen LogP contribution < -0.4 is 5.32 Å². The van der Waals surface area contributed by atoms with Crippen LogP contribution in [0.15, 0.2) is 12.3 Å². The largest absolute Gasteiger partial charge is 0.379 e. The van der Waals surface area contributed by atoms with Crippen molar-refractivity contribution in [1.82, 2.24) is 9.88 Å². The first-order chi connectivity index (χ1) is 12.2. The molecule has 0 radical (unpaired) electrons. The number of carbonyl (C=O) groups is 1. The molecule has 0 aromatic carbocycles. The zero-order valence-electron chi connectivity index (χ0n) is 14.9. The summed E-state index contributed by atoms with van der Waals surface area (Å²) in [6, 6.07) is 2.02. The van der Waals surface area contributed by atoms with Gasteiger partial charge in [-0.1, -0.05) is 0 Å². The molecule has 1 amide bonds. The van der Waals surface area contributed by atoms with Gasteiger partial charge in [0, 0.05) is 31.4 Å². The van der Waals surface area contributed by atoms with Crippen LogP contribution in [0.1, 0.15) is 42.7 Å². The minimum absolute atomic E-state index is 0.0514. The number of nitrogens with zero attached hydrogens (tertiary/aromatic N) is 2. The molecular formula is C19H27N3O3. The van der Waals surface area contributed by atoms with Gasteiger partial charge in [0.05, 0.1) is 19.3 Å². The van der Waals surface area contributed by atoms with E-state index in [0.29, 0.717) is 5.92 Å². The predicted octanol–water partition coefficient (Wildman–Crippen LogP) is 2.09. The lowest BCUT2D eigenvalue weighted by Crippen LogP contribution is -2.41. The third kappa shape index (κ3) is 4.02. The number of pyridine rings is 1. The molecule has 2 saturated heterocycles. The van der Waals surface area contributed by atoms with Gasteiger partial charge in [0.25, 0.3) is 5.91 Å². The number of hydrogen-bond donors (Lipinski definition) is 1. The van der Waals surface area contributed by atoms with E-state index in [2.05, 4.69) is 22.1 Å². The second-order valence-corrected chi connectivity index (χ2v) is 7.39. The maximum absolute atomic E-state index is 12.6. The first-order valence-corrected chi connectivity index (χ1v) is 9.42. The summed E-state index contributed by atoms with van der Waals surface area (Å²) in [5.74, 6) is 1.24. The molecule has 6 nitrogen and oxygen atoms in total. The topological polar surface area (TPSA) is 63.7 Å². The van der Waals surface area contributed by atoms with Crippen LogP contribution in [0.25, 0.3) is 0 Å². The fourth-order valence-corrected chi connectivity index (χ4v) is 3.86. The van der Waals surface area contributed by atoms with Crippen LogP contribution in [0, 0.1) is 6.92 Å². The van der Waals surface area contributed by atoms with E-state index in [0.717, 1.165) is 51.5 Å². The Labute approximate surface area is 148 Å². The average molecular weight is 345 g/mol. The van der Waals surface area contributed by atoms with Crippen molar-refractivity contribution in [1.29, 1.82) is 0 Å². The molecule has 0 unspecified atom stereocenters. The highest BCUT2D eigenvalue weighted by molar-refractivity contribution is 5.94. The normalized spacial score (nSPS) is 27.4. The van der Waals surface area contributed by atoms with Crippen molar-refractivity contribution < 1.29 is 14.3 Å². The summed E-state index contributed by atoms with van der Waals surface area (Å²) in [5.41, 5.74) is 2.42. The Morgan fingerprint density at radius 2 is 2.08 bits per heavy atom. The summed E-state index contributed by atoms with van der Waals surface area (Å²) in [5, 5.41) is 3.03. The number of carbonyl (C=O) groups excluding carboxylic acids is 1. The number of hydrogen-bond acceptors (Lipinski definition) is 5. The highest BCUT2D eigenvalue weighted by atomic mass is 16.5. The molecule has 3 fully saturated rings. The number of ether oxygens (including phenoxy) is 2. The van der Waals surface area contributed by atoms with Crippen molar-refractivity contribution in [2.24, 2.45) is 0 Å². The van der Waals surface area contributed by atoms with E-state index in [-0.39, 0.29) is 18.1 Å². The molecule has 136 valence electrons. The Kier molecular flexibility index (Phi) is 5.01. The van der Waals surface area contributed by atoms with Crippen LogP contribution in [0.3, 0.4) is 0 Å². The Bertz CT molecular complexity index is 626. The standard InChI is InChI=1S/C19H27N3O3/c1-13-6-7-20-18(17(13)14-2-3-14)21-19(23)16-5-4-15(25-16)12-22-8-10-24-11-9-22/h6-7,14-16H,2-5,8-12H2,1H3,(H,20,21,23)/t15-,16+/m1/s1. The summed E-state index contributed by atoms with van der Waals surface area (Å²) in [4.78, 5) is 19.4. The SMILES string of the molecule is Cc1ccnc(NC(=O)[C@@H]2CC[C@H](CN3CCOCC3)O2)c1C1CC1. The third-order valence-electron chi connectivity index (χ3n) is 5.40. The molecule has 2 aliphatic heterocycles. The molecule has 1 N–H and O–H groups in total. The fourth-order valence-electron chi connectivity index (χ4n) is 3.86. The summed E-state index contributed by atoms with van der Waals surface area (Å²) < 4.78 is 11.4. The van der Waals surface area contributed by atoms with Gasteiger partial charge in [-0.15, -0.1) is 0 Å². The minimum Gasteiger partial charge on any atom is -0.379 e. The van der Waals surface area contributed by atoms with E-state index in [1.54, 1.807) is 6.20 Å². The molecule has 0 bridgehead atoms. The van der Waals surface area contributed by atoms with E-state index in [1.807, 2.05) is 6.07 Å². The fraction of sp³-hybridized carbons (Fsp3) is 0.684. The maximum atomic E-state index is 12.6. The second-order valence-electron chi connectivity index (χ2n) is 7.39. The number of rotatable bonds is 5. The van der Waals surface area contributed by atoms with Gasteiger partial charge in [0.1, 0.15) is 11.9 Å². The first-order valence-electron chi connectivity index (χ1n) is 9.42. The maximum Gasteiger partial charge on any atom is 0.254 e. The van der Waals surface area contributed by atoms with E-state index in [4.69, 9.17) is 9.47 Å². The third-order valence-corrected chi connectivity index (χ3v) is 5.40. The number of anilines is 1. The molecule has 2 atom stereocenters. The van der Waals surface area contributed by atoms with Crippen LogP contribution in [-0.2, 0) is 14.3 Å². The molecule has 1 aliphatic carbocycles. The van der Waals surface area contributed by atoms with Crippen molar-refractivity contribution in [2.45, 2.75) is 50.7 Å². The molecule has 1 saturated carbocycles. The molecule has 3 heterocycles. The first kappa shape index (κ1) is 16.9. The summed E-state index contributed by atoms with van der Waals surface area (Å²) in [7, 11) is 0. The van der Waals surface area contributed by atoms with Gasteiger partial charge in [-0.25, -0.2) is 4.98 Å². The van der Waals surface area contributed by atoms with Gasteiger partial charge >= 0.3 is 0 Å². The average Bonchev–Trinajstić information content (AvgIpc) is 3.34. The van der Waals surface area contributed by atoms with E-state index >= 15 is 0 Å². The van der Waals surface area contributed by atoms with Gasteiger partial charge in [-0.2, -0.15) is 0 Å². The molecule has 4 rings (SSSR count). The van der Waals surface area contributed by atoms with Gasteiger partial charge < -0.3 is 14.8 Å². The number of aryl methyl sites for hydroxylation is 1. The van der Waals surface area contributed by atoms with Crippen molar-refractivity contribution in [3.05, 3.63) is 23.4 Å². The van der Waals surface area contributed by atoms with Gasteiger partial charge in [0.2, 0.25) is 0 Å². The molecular weight excluding hydrogens is 318 g/mol. The lowest BCUT2D eigenvalue weighted by Gasteiger charge is -2.28. The highest BCUT2D eigenvalue weighted by Crippen LogP contribution is 2.44. The van der Waals surface area contributed by atoms with E-state index in [1.165, 1.54) is 24.0 Å². The number of amides is 1. The van der Waals surface area contributed by atoms with Crippen LogP contribution in [-0.4, -0.2) is 60.8 Å². The molecule has 6 heteroatoms. The molecule has 3 aliphatic rings. The monoisotopic (exact) mass is 345 g/mol. The number of morpholine rings is 1. The van der Waals surface area contributed by atoms with Crippen LogP contribution in [0.2, 0.25) is 0 Å². The van der Waals surface area contributed by atoms with Crippen molar-refractivity contribution in [3.63, 3.8) is 0 Å². The van der Waals surface area contributed by atoms with Crippen molar-refractivity contribution >= 4 is 11.7 Å². The summed E-state index contributed by atoms with van der Waals surface area (Å²) in [6.45, 7) is 6.47. The summed E-state index contributed by atoms with van der Waals surface area (Å²) >= 11 is 0. The van der Waals surface area contributed by atoms with E-state index in [9.17, 15) is 4.79 Å². The Morgan fingerprint density at radius 1 is 1.28 bits per heavy atom. The quantitative estimate of drug-likeness (QED) is 0.885. The van der Waals surface area contributed by atoms with Crippen LogP contribution in [0.4, 0.5) is 5.82 Å². The predicted molar refractivity (Wildman–Crippen MR) is 94.7 cm³/mol. The van der Waals surface area contributed by atoms with E-state index < -0.39 is 0 Å². The second kappa shape index (κ2) is 7.40. The zero-order chi connectivity index (χ0) is 17.2. The lowest BCUT2D eigenvalue weighted by atomic mass is 10.1. The molecule has 1 aromatic heterocycles. The molecule has 25 heavy (non-hydrogen) atoms. The number of aromatic nitrogens is 1. The zero-order valence-corrected chi connectivity index (χ0v) is 14.9. The van der Waals surface area contributed by atoms with Gasteiger partial charge in [-0.05, 0) is 50.2 Å². The van der Waals surface area contributed by atoms with Gasteiger partial charge in [-0.3, -0.25) is 9.69 Å². The summed E-state index contributed by atoms with van der Waals surface area (Å²) in [6.07, 6.45) is 5.65. The van der Waals surface area contributed by atoms with Gasteiger partial charge in [0.15, 0.2) is 0 Å². The van der Waals surface area contributed by atoms with Crippen LogP contribution in [0.5, 0.6) is 0 Å². The van der Waals surface area contributed by atoms with Crippen molar-refractivity contribution in [3.8, 4) is 0 Å². The highest BCUT2D eigenvalue weighted by Gasteiger charge is 2.34.